The topological polar surface area (TPSA) is 71.3 Å². The Morgan fingerprint density at radius 1 is 1.19 bits per heavy atom. The van der Waals surface area contributed by atoms with Gasteiger partial charge in [0, 0.05) is 22.3 Å². The SMILES string of the molecule is O=C(Nc1ccc(Br)cc1)N1CCCC1c1nc(-c2ccc(F)cc2)no1. The highest BCUT2D eigenvalue weighted by Crippen LogP contribution is 2.32. The molecule has 0 spiro atoms. The summed E-state index contributed by atoms with van der Waals surface area (Å²) < 4.78 is 19.4. The van der Waals surface area contributed by atoms with E-state index in [4.69, 9.17) is 4.52 Å². The van der Waals surface area contributed by atoms with Crippen LogP contribution in [-0.2, 0) is 0 Å². The first-order valence-electron chi connectivity index (χ1n) is 8.53. The van der Waals surface area contributed by atoms with Crippen molar-refractivity contribution < 1.29 is 13.7 Å². The zero-order valence-corrected chi connectivity index (χ0v) is 15.8. The Labute approximate surface area is 163 Å². The Hall–Kier alpha value is -2.74. The van der Waals surface area contributed by atoms with Crippen LogP contribution in [0, 0.1) is 5.82 Å². The summed E-state index contributed by atoms with van der Waals surface area (Å²) in [6.45, 7) is 0.612. The monoisotopic (exact) mass is 430 g/mol. The van der Waals surface area contributed by atoms with Gasteiger partial charge < -0.3 is 14.7 Å². The number of rotatable bonds is 3. The molecule has 6 nitrogen and oxygen atoms in total. The minimum atomic E-state index is -0.325. The predicted octanol–water partition coefficient (Wildman–Crippen LogP) is 5.01. The summed E-state index contributed by atoms with van der Waals surface area (Å²) in [5, 5.41) is 6.87. The second-order valence-corrected chi connectivity index (χ2v) is 7.17. The summed E-state index contributed by atoms with van der Waals surface area (Å²) >= 11 is 3.37. The number of hydrogen-bond donors (Lipinski definition) is 1. The van der Waals surface area contributed by atoms with Gasteiger partial charge in [0.15, 0.2) is 0 Å². The maximum absolute atomic E-state index is 13.1. The van der Waals surface area contributed by atoms with Crippen molar-refractivity contribution in [1.29, 1.82) is 0 Å². The van der Waals surface area contributed by atoms with Gasteiger partial charge >= 0.3 is 6.03 Å². The van der Waals surface area contributed by atoms with E-state index < -0.39 is 0 Å². The van der Waals surface area contributed by atoms with Crippen LogP contribution in [0.5, 0.6) is 0 Å². The lowest BCUT2D eigenvalue weighted by atomic mass is 10.2. The number of nitrogens with one attached hydrogen (secondary N) is 1. The normalized spacial score (nSPS) is 16.5. The molecule has 27 heavy (non-hydrogen) atoms. The van der Waals surface area contributed by atoms with Gasteiger partial charge in [0.05, 0.1) is 0 Å². The molecule has 0 saturated carbocycles. The van der Waals surface area contributed by atoms with Gasteiger partial charge in [-0.25, -0.2) is 9.18 Å². The van der Waals surface area contributed by atoms with E-state index in [2.05, 4.69) is 31.4 Å². The van der Waals surface area contributed by atoms with Crippen molar-refractivity contribution in [3.8, 4) is 11.4 Å². The standard InChI is InChI=1S/C19H16BrFN4O2/c20-13-5-9-15(10-6-13)22-19(26)25-11-1-2-16(25)18-23-17(24-27-18)12-3-7-14(21)8-4-12/h3-10,16H,1-2,11H2,(H,22,26). The summed E-state index contributed by atoms with van der Waals surface area (Å²) in [6.07, 6.45) is 1.60. The maximum atomic E-state index is 13.1. The van der Waals surface area contributed by atoms with Gasteiger partial charge in [0.2, 0.25) is 11.7 Å². The molecule has 2 amide bonds. The number of urea groups is 1. The number of likely N-dealkylation sites (tertiary alicyclic amines) is 1. The van der Waals surface area contributed by atoms with Crippen LogP contribution in [-0.4, -0.2) is 27.6 Å². The second kappa shape index (κ2) is 7.48. The van der Waals surface area contributed by atoms with Crippen LogP contribution in [0.2, 0.25) is 0 Å². The van der Waals surface area contributed by atoms with Crippen LogP contribution in [0.3, 0.4) is 0 Å². The number of halogens is 2. The highest BCUT2D eigenvalue weighted by Gasteiger charge is 2.34. The highest BCUT2D eigenvalue weighted by molar-refractivity contribution is 9.10. The van der Waals surface area contributed by atoms with Gasteiger partial charge in [0.25, 0.3) is 0 Å². The first-order valence-corrected chi connectivity index (χ1v) is 9.32. The third kappa shape index (κ3) is 3.85. The smallest absolute Gasteiger partial charge is 0.322 e. The first kappa shape index (κ1) is 17.7. The minimum Gasteiger partial charge on any atom is -0.337 e. The molecule has 1 atom stereocenters. The minimum absolute atomic E-state index is 0.207. The fourth-order valence-corrected chi connectivity index (χ4v) is 3.35. The quantitative estimate of drug-likeness (QED) is 0.633. The van der Waals surface area contributed by atoms with Crippen LogP contribution in [0.1, 0.15) is 24.8 Å². The molecule has 1 aromatic heterocycles. The first-order chi connectivity index (χ1) is 13.1. The zero-order valence-electron chi connectivity index (χ0n) is 14.2. The van der Waals surface area contributed by atoms with Crippen molar-refractivity contribution in [2.24, 2.45) is 0 Å². The third-order valence-electron chi connectivity index (χ3n) is 4.44. The largest absolute Gasteiger partial charge is 0.337 e. The van der Waals surface area contributed by atoms with Crippen LogP contribution in [0.25, 0.3) is 11.4 Å². The van der Waals surface area contributed by atoms with E-state index in [9.17, 15) is 9.18 Å². The zero-order chi connectivity index (χ0) is 18.8. The molecule has 2 heterocycles. The van der Waals surface area contributed by atoms with Crippen molar-refractivity contribution in [3.05, 3.63) is 64.7 Å². The molecule has 4 rings (SSSR count). The Morgan fingerprint density at radius 3 is 2.67 bits per heavy atom. The Bertz CT molecular complexity index is 943. The molecule has 8 heteroatoms. The summed E-state index contributed by atoms with van der Waals surface area (Å²) in [7, 11) is 0. The average molecular weight is 431 g/mol. The lowest BCUT2D eigenvalue weighted by Crippen LogP contribution is -2.34. The molecule has 1 aliphatic rings. The fourth-order valence-electron chi connectivity index (χ4n) is 3.08. The van der Waals surface area contributed by atoms with Crippen LogP contribution >= 0.6 is 15.9 Å². The number of nitrogens with zero attached hydrogens (tertiary/aromatic N) is 3. The number of anilines is 1. The molecular formula is C19H16BrFN4O2. The van der Waals surface area contributed by atoms with Gasteiger partial charge in [-0.2, -0.15) is 4.98 Å². The summed E-state index contributed by atoms with van der Waals surface area (Å²) in [5.74, 6) is 0.442. The van der Waals surface area contributed by atoms with Gasteiger partial charge in [-0.05, 0) is 61.4 Å². The van der Waals surface area contributed by atoms with E-state index in [1.165, 1.54) is 12.1 Å². The summed E-state index contributed by atoms with van der Waals surface area (Å²) in [4.78, 5) is 18.8. The number of amides is 2. The fraction of sp³-hybridized carbons (Fsp3) is 0.211. The molecule has 3 aromatic rings. The number of carbonyl (C=O) groups excluding carboxylic acids is 1. The van der Waals surface area contributed by atoms with E-state index in [0.717, 1.165) is 17.3 Å². The molecule has 2 aromatic carbocycles. The van der Waals surface area contributed by atoms with Gasteiger partial charge in [-0.3, -0.25) is 0 Å². The van der Waals surface area contributed by atoms with E-state index in [1.807, 2.05) is 24.3 Å². The van der Waals surface area contributed by atoms with Crippen LogP contribution < -0.4 is 5.32 Å². The van der Waals surface area contributed by atoms with Gasteiger partial charge in [0.1, 0.15) is 11.9 Å². The molecule has 1 unspecified atom stereocenters. The maximum Gasteiger partial charge on any atom is 0.322 e. The second-order valence-electron chi connectivity index (χ2n) is 6.25. The molecule has 138 valence electrons. The predicted molar refractivity (Wildman–Crippen MR) is 102 cm³/mol. The molecule has 1 fully saturated rings. The lowest BCUT2D eigenvalue weighted by Gasteiger charge is -2.22. The van der Waals surface area contributed by atoms with E-state index in [-0.39, 0.29) is 17.9 Å². The summed E-state index contributed by atoms with van der Waals surface area (Å²) in [6, 6.07) is 12.8. The van der Waals surface area contributed by atoms with Crippen molar-refractivity contribution in [1.82, 2.24) is 15.0 Å². The van der Waals surface area contributed by atoms with E-state index in [0.29, 0.717) is 29.5 Å². The molecule has 0 radical (unpaired) electrons. The number of hydrogen-bond acceptors (Lipinski definition) is 4. The molecule has 0 bridgehead atoms. The number of aromatic nitrogens is 2. The third-order valence-corrected chi connectivity index (χ3v) is 4.97. The van der Waals surface area contributed by atoms with Gasteiger partial charge in [-0.1, -0.05) is 21.1 Å². The van der Waals surface area contributed by atoms with E-state index in [1.54, 1.807) is 17.0 Å². The van der Waals surface area contributed by atoms with Crippen molar-refractivity contribution in [2.75, 3.05) is 11.9 Å². The van der Waals surface area contributed by atoms with Gasteiger partial charge in [-0.15, -0.1) is 0 Å². The van der Waals surface area contributed by atoms with Crippen molar-refractivity contribution in [2.45, 2.75) is 18.9 Å². The van der Waals surface area contributed by atoms with Crippen LogP contribution in [0.15, 0.2) is 57.5 Å². The molecule has 1 saturated heterocycles. The molecular weight excluding hydrogens is 415 g/mol. The van der Waals surface area contributed by atoms with E-state index >= 15 is 0 Å². The molecule has 0 aliphatic carbocycles. The highest BCUT2D eigenvalue weighted by atomic mass is 79.9. The van der Waals surface area contributed by atoms with Crippen molar-refractivity contribution >= 4 is 27.6 Å². The Morgan fingerprint density at radius 2 is 1.93 bits per heavy atom. The number of carbonyl (C=O) groups is 1. The Kier molecular flexibility index (Phi) is 4.89. The Balaban J connectivity index is 1.50. The average Bonchev–Trinajstić information content (AvgIpc) is 3.33. The molecule has 1 N–H and O–H groups in total. The lowest BCUT2D eigenvalue weighted by molar-refractivity contribution is 0.193. The van der Waals surface area contributed by atoms with Crippen LogP contribution in [0.4, 0.5) is 14.9 Å². The number of benzene rings is 2. The molecule has 1 aliphatic heterocycles. The summed E-state index contributed by atoms with van der Waals surface area (Å²) in [5.41, 5.74) is 1.38. The van der Waals surface area contributed by atoms with Crippen molar-refractivity contribution in [3.63, 3.8) is 0 Å².